The fourth-order valence-corrected chi connectivity index (χ4v) is 2.05. The normalized spacial score (nSPS) is 10.7. The summed E-state index contributed by atoms with van der Waals surface area (Å²) < 4.78 is 5.19. The molecule has 1 N–H and O–H groups in total. The van der Waals surface area contributed by atoms with Crippen LogP contribution in [0.4, 0.5) is 0 Å². The average molecular weight is 245 g/mol. The van der Waals surface area contributed by atoms with Crippen LogP contribution < -0.4 is 5.32 Å². The maximum Gasteiger partial charge on any atom is 0.255 e. The van der Waals surface area contributed by atoms with Gasteiger partial charge < -0.3 is 9.73 Å². The number of nitrogens with one attached hydrogen (secondary N) is 1. The highest BCUT2D eigenvalue weighted by Gasteiger charge is 2.14. The molecule has 18 heavy (non-hydrogen) atoms. The lowest BCUT2D eigenvalue weighted by Gasteiger charge is -2.08. The fraction of sp³-hybridized carbons (Fsp3) is 0.400. The van der Waals surface area contributed by atoms with Crippen LogP contribution >= 0.6 is 0 Å². The molecule has 0 radical (unpaired) electrons. The number of carbonyl (C=O) groups excluding carboxylic acids is 1. The Hall–Kier alpha value is -1.77. The third-order valence-corrected chi connectivity index (χ3v) is 3.08. The summed E-state index contributed by atoms with van der Waals surface area (Å²) in [4.78, 5) is 12.0. The largest absolute Gasteiger partial charge is 0.471 e. The van der Waals surface area contributed by atoms with Crippen LogP contribution in [0.3, 0.4) is 0 Å². The van der Waals surface area contributed by atoms with Crippen LogP contribution in [0.2, 0.25) is 0 Å². The molecular formula is C15H19NO2. The van der Waals surface area contributed by atoms with Crippen LogP contribution in [0.15, 0.2) is 35.1 Å². The van der Waals surface area contributed by atoms with Gasteiger partial charge in [0.25, 0.3) is 5.91 Å². The van der Waals surface area contributed by atoms with Crippen molar-refractivity contribution < 1.29 is 9.21 Å². The lowest BCUT2D eigenvalue weighted by Crippen LogP contribution is -2.24. The van der Waals surface area contributed by atoms with Gasteiger partial charge in [0.15, 0.2) is 0 Å². The van der Waals surface area contributed by atoms with Crippen LogP contribution in [0.5, 0.6) is 0 Å². The Balaban J connectivity index is 1.91. The monoisotopic (exact) mass is 245 g/mol. The molecule has 0 unspecified atom stereocenters. The minimum atomic E-state index is -0.0490. The highest BCUT2D eigenvalue weighted by molar-refractivity contribution is 6.00. The number of hydrogen-bond acceptors (Lipinski definition) is 2. The molecule has 0 bridgehead atoms. The number of rotatable bonds is 6. The molecule has 1 heterocycles. The number of fused-ring (bicyclic) bond motifs is 1. The zero-order valence-corrected chi connectivity index (χ0v) is 10.7. The van der Waals surface area contributed by atoms with Gasteiger partial charge in [0.2, 0.25) is 0 Å². The quantitative estimate of drug-likeness (QED) is 0.788. The first-order valence-corrected chi connectivity index (χ1v) is 6.56. The maximum atomic E-state index is 12.0. The van der Waals surface area contributed by atoms with E-state index in [1.54, 1.807) is 6.26 Å². The van der Waals surface area contributed by atoms with Gasteiger partial charge in [-0.3, -0.25) is 4.79 Å². The van der Waals surface area contributed by atoms with Crippen molar-refractivity contribution in [3.05, 3.63) is 36.3 Å². The molecule has 3 nitrogen and oxygen atoms in total. The van der Waals surface area contributed by atoms with Gasteiger partial charge in [-0.05, 0) is 6.42 Å². The lowest BCUT2D eigenvalue weighted by atomic mass is 10.1. The third-order valence-electron chi connectivity index (χ3n) is 3.08. The molecule has 0 spiro atoms. The zero-order valence-electron chi connectivity index (χ0n) is 10.7. The molecule has 2 aliphatic rings. The van der Waals surface area contributed by atoms with Gasteiger partial charge in [-0.15, -0.1) is 0 Å². The Bertz CT molecular complexity index is 475. The van der Waals surface area contributed by atoms with E-state index in [0.29, 0.717) is 5.56 Å². The maximum absolute atomic E-state index is 12.0. The van der Waals surface area contributed by atoms with Crippen molar-refractivity contribution in [3.63, 3.8) is 0 Å². The molecule has 0 atom stereocenters. The molecule has 0 aromatic carbocycles. The van der Waals surface area contributed by atoms with Crippen LogP contribution in [-0.2, 0) is 0 Å². The topological polar surface area (TPSA) is 42.2 Å². The van der Waals surface area contributed by atoms with Gasteiger partial charge in [0, 0.05) is 17.7 Å². The molecule has 0 saturated heterocycles. The Labute approximate surface area is 108 Å². The summed E-state index contributed by atoms with van der Waals surface area (Å²) in [6.45, 7) is 2.91. The second-order valence-electron chi connectivity index (χ2n) is 4.50. The molecule has 0 aromatic rings. The molecule has 96 valence electrons. The summed E-state index contributed by atoms with van der Waals surface area (Å²) in [5.41, 5.74) is 2.54. The molecule has 0 aromatic heterocycles. The Morgan fingerprint density at radius 3 is 2.94 bits per heavy atom. The van der Waals surface area contributed by atoms with E-state index in [2.05, 4.69) is 12.2 Å². The van der Waals surface area contributed by atoms with E-state index in [1.807, 2.05) is 18.2 Å². The smallest absolute Gasteiger partial charge is 0.255 e. The van der Waals surface area contributed by atoms with Crippen molar-refractivity contribution in [1.82, 2.24) is 5.32 Å². The van der Waals surface area contributed by atoms with E-state index in [4.69, 9.17) is 4.42 Å². The Morgan fingerprint density at radius 2 is 2.11 bits per heavy atom. The molecule has 2 rings (SSSR count). The number of amides is 1. The molecule has 3 heteroatoms. The van der Waals surface area contributed by atoms with Gasteiger partial charge in [-0.25, -0.2) is 0 Å². The summed E-state index contributed by atoms with van der Waals surface area (Å²) in [6.07, 6.45) is 7.82. The Morgan fingerprint density at radius 1 is 1.22 bits per heavy atom. The Kier molecular flexibility index (Phi) is 4.40. The van der Waals surface area contributed by atoms with E-state index in [1.165, 1.54) is 25.5 Å². The van der Waals surface area contributed by atoms with Crippen LogP contribution in [0.25, 0.3) is 11.1 Å². The standard InChI is InChI=1S/C15H19NO2/c1-2-3-4-5-9-16-15(17)14-11-18-10-12-7-6-8-13(12)14/h6-8,10-11H,2-5,9H2,1H3,(H,16,17). The number of unbranched alkanes of at least 4 members (excludes halogenated alkanes) is 3. The van der Waals surface area contributed by atoms with Crippen molar-refractivity contribution in [2.75, 3.05) is 6.54 Å². The first kappa shape index (κ1) is 12.7. The van der Waals surface area contributed by atoms with Gasteiger partial charge in [0.1, 0.15) is 6.26 Å². The van der Waals surface area contributed by atoms with Crippen molar-refractivity contribution in [2.45, 2.75) is 32.6 Å². The van der Waals surface area contributed by atoms with Crippen molar-refractivity contribution in [3.8, 4) is 11.1 Å². The molecule has 1 aliphatic heterocycles. The third kappa shape index (κ3) is 2.92. The minimum absolute atomic E-state index is 0.0490. The van der Waals surface area contributed by atoms with Gasteiger partial charge in [-0.2, -0.15) is 0 Å². The summed E-state index contributed by atoms with van der Waals surface area (Å²) >= 11 is 0. The highest BCUT2D eigenvalue weighted by Crippen LogP contribution is 2.26. The van der Waals surface area contributed by atoms with E-state index >= 15 is 0 Å². The second kappa shape index (κ2) is 6.24. The number of carbonyl (C=O) groups is 1. The van der Waals surface area contributed by atoms with Crippen molar-refractivity contribution >= 4 is 5.91 Å². The summed E-state index contributed by atoms with van der Waals surface area (Å²) in [5, 5.41) is 2.94. The molecule has 1 aliphatic carbocycles. The van der Waals surface area contributed by atoms with Gasteiger partial charge >= 0.3 is 0 Å². The predicted molar refractivity (Wildman–Crippen MR) is 71.8 cm³/mol. The first-order valence-electron chi connectivity index (χ1n) is 6.56. The molecule has 1 amide bonds. The van der Waals surface area contributed by atoms with E-state index < -0.39 is 0 Å². The van der Waals surface area contributed by atoms with Crippen LogP contribution in [0, 0.1) is 0 Å². The summed E-state index contributed by atoms with van der Waals surface area (Å²) in [7, 11) is 0. The predicted octanol–water partition coefficient (Wildman–Crippen LogP) is 3.69. The average Bonchev–Trinajstić information content (AvgIpc) is 2.86. The van der Waals surface area contributed by atoms with Crippen LogP contribution in [-0.4, -0.2) is 12.5 Å². The lowest BCUT2D eigenvalue weighted by molar-refractivity contribution is 0.0951. The molecule has 0 fully saturated rings. The minimum Gasteiger partial charge on any atom is -0.471 e. The zero-order chi connectivity index (χ0) is 12.8. The summed E-state index contributed by atoms with van der Waals surface area (Å²) in [5.74, 6) is -0.0490. The SMILES string of the molecule is CCCCCCNC(=O)c1cocc2cccc1-2. The highest BCUT2D eigenvalue weighted by atomic mass is 16.3. The second-order valence-corrected chi connectivity index (χ2v) is 4.50. The molecule has 0 saturated carbocycles. The van der Waals surface area contributed by atoms with Gasteiger partial charge in [0.05, 0.1) is 11.8 Å². The van der Waals surface area contributed by atoms with Crippen molar-refractivity contribution in [1.29, 1.82) is 0 Å². The summed E-state index contributed by atoms with van der Waals surface area (Å²) in [6, 6.07) is 5.81. The van der Waals surface area contributed by atoms with Crippen LogP contribution in [0.1, 0.15) is 43.0 Å². The van der Waals surface area contributed by atoms with E-state index in [9.17, 15) is 4.79 Å². The molecular weight excluding hydrogens is 226 g/mol. The van der Waals surface area contributed by atoms with Crippen molar-refractivity contribution in [2.24, 2.45) is 0 Å². The van der Waals surface area contributed by atoms with Gasteiger partial charge in [-0.1, -0.05) is 44.4 Å². The fourth-order valence-electron chi connectivity index (χ4n) is 2.05. The van der Waals surface area contributed by atoms with E-state index in [0.717, 1.165) is 24.1 Å². The first-order chi connectivity index (χ1) is 8.83. The number of hydrogen-bond donors (Lipinski definition) is 1. The van der Waals surface area contributed by atoms with E-state index in [-0.39, 0.29) is 5.91 Å².